The zero-order chi connectivity index (χ0) is 14.5. The van der Waals surface area contributed by atoms with Crippen molar-refractivity contribution in [1.29, 1.82) is 0 Å². The molecule has 1 aliphatic rings. The van der Waals surface area contributed by atoms with Gasteiger partial charge in [-0.1, -0.05) is 37.6 Å². The summed E-state index contributed by atoms with van der Waals surface area (Å²) in [5.41, 5.74) is 2.17. The summed E-state index contributed by atoms with van der Waals surface area (Å²) < 4.78 is 5.28. The molecule has 0 unspecified atom stereocenters. The number of thiocarbonyl (C=S) groups is 1. The number of benzene rings is 1. The summed E-state index contributed by atoms with van der Waals surface area (Å²) >= 11 is 4.93. The van der Waals surface area contributed by atoms with Gasteiger partial charge in [0, 0.05) is 0 Å². The number of hydroxylamine groups is 2. The van der Waals surface area contributed by atoms with Gasteiger partial charge in [-0.25, -0.2) is 0 Å². The molecule has 0 aromatic heterocycles. The Bertz CT molecular complexity index is 554. The van der Waals surface area contributed by atoms with Crippen molar-refractivity contribution < 1.29 is 14.4 Å². The van der Waals surface area contributed by atoms with Crippen molar-refractivity contribution in [2.75, 3.05) is 7.11 Å². The van der Waals surface area contributed by atoms with Gasteiger partial charge in [-0.3, -0.25) is 9.63 Å². The number of hydrogen-bond acceptors (Lipinski definition) is 4. The average molecular weight is 291 g/mol. The van der Waals surface area contributed by atoms with Crippen molar-refractivity contribution in [3.8, 4) is 0 Å². The first kappa shape index (κ1) is 14.7. The molecule has 0 N–H and O–H groups in total. The third-order valence-corrected chi connectivity index (χ3v) is 3.33. The smallest absolute Gasteiger partial charge is 0.321 e. The monoisotopic (exact) mass is 291 g/mol. The maximum atomic E-state index is 12.0. The van der Waals surface area contributed by atoms with E-state index in [1.54, 1.807) is 6.08 Å². The summed E-state index contributed by atoms with van der Waals surface area (Å²) in [6.07, 6.45) is 4.93. The van der Waals surface area contributed by atoms with Crippen LogP contribution in [0.2, 0.25) is 0 Å². The van der Waals surface area contributed by atoms with Crippen molar-refractivity contribution in [3.05, 3.63) is 41.2 Å². The summed E-state index contributed by atoms with van der Waals surface area (Å²) in [5, 5.41) is 0.991. The number of amides is 1. The molecule has 0 bridgehead atoms. The van der Waals surface area contributed by atoms with Crippen LogP contribution >= 0.6 is 12.2 Å². The topological polar surface area (TPSA) is 38.8 Å². The highest BCUT2D eigenvalue weighted by atomic mass is 32.1. The molecule has 1 aromatic rings. The van der Waals surface area contributed by atoms with Gasteiger partial charge in [0.05, 0.1) is 7.11 Å². The van der Waals surface area contributed by atoms with Crippen LogP contribution in [0.3, 0.4) is 0 Å². The van der Waals surface area contributed by atoms with Gasteiger partial charge in [-0.15, -0.1) is 5.06 Å². The van der Waals surface area contributed by atoms with Gasteiger partial charge >= 0.3 is 5.91 Å². The van der Waals surface area contributed by atoms with Crippen LogP contribution in [0.25, 0.3) is 6.08 Å². The van der Waals surface area contributed by atoms with E-state index < -0.39 is 0 Å². The van der Waals surface area contributed by atoms with Gasteiger partial charge in [0.1, 0.15) is 0 Å². The number of rotatable bonds is 5. The highest BCUT2D eigenvalue weighted by Crippen LogP contribution is 2.22. The lowest BCUT2D eigenvalue weighted by Gasteiger charge is -2.06. The van der Waals surface area contributed by atoms with Crippen molar-refractivity contribution in [2.24, 2.45) is 0 Å². The number of aryl methyl sites for hydroxylation is 1. The maximum Gasteiger partial charge on any atom is 0.321 e. The lowest BCUT2D eigenvalue weighted by molar-refractivity contribution is -0.148. The first-order valence-corrected chi connectivity index (χ1v) is 6.98. The predicted molar refractivity (Wildman–Crippen MR) is 80.6 cm³/mol. The van der Waals surface area contributed by atoms with Crippen molar-refractivity contribution in [1.82, 2.24) is 5.06 Å². The van der Waals surface area contributed by atoms with E-state index in [2.05, 4.69) is 13.0 Å². The van der Waals surface area contributed by atoms with Crippen LogP contribution in [0.5, 0.6) is 0 Å². The SMILES string of the molecule is CCCCc1ccccc1/C=C1/OC(=S)N(OC)C1=O. The van der Waals surface area contributed by atoms with Crippen LogP contribution in [0.15, 0.2) is 30.0 Å². The van der Waals surface area contributed by atoms with Crippen LogP contribution in [0.1, 0.15) is 30.9 Å². The van der Waals surface area contributed by atoms with Crippen LogP contribution in [0, 0.1) is 0 Å². The molecule has 5 heteroatoms. The van der Waals surface area contributed by atoms with E-state index in [9.17, 15) is 4.79 Å². The van der Waals surface area contributed by atoms with Gasteiger partial charge in [0.15, 0.2) is 5.76 Å². The number of ether oxygens (including phenoxy) is 1. The maximum absolute atomic E-state index is 12.0. The number of carbonyl (C=O) groups is 1. The van der Waals surface area contributed by atoms with E-state index in [-0.39, 0.29) is 16.8 Å². The summed E-state index contributed by atoms with van der Waals surface area (Å²) in [7, 11) is 1.38. The third-order valence-electron chi connectivity index (χ3n) is 3.08. The average Bonchev–Trinajstić information content (AvgIpc) is 2.72. The largest absolute Gasteiger partial charge is 0.424 e. The summed E-state index contributed by atoms with van der Waals surface area (Å²) in [4.78, 5) is 16.9. The molecule has 1 amide bonds. The zero-order valence-corrected chi connectivity index (χ0v) is 12.4. The fourth-order valence-corrected chi connectivity index (χ4v) is 2.27. The Hall–Kier alpha value is -1.72. The molecular weight excluding hydrogens is 274 g/mol. The molecule has 0 aliphatic carbocycles. The lowest BCUT2D eigenvalue weighted by Crippen LogP contribution is -2.26. The minimum absolute atomic E-state index is 0.0230. The molecule has 0 saturated carbocycles. The Kier molecular flexibility index (Phi) is 4.87. The molecule has 1 heterocycles. The van der Waals surface area contributed by atoms with Crippen LogP contribution in [-0.2, 0) is 20.8 Å². The van der Waals surface area contributed by atoms with Crippen molar-refractivity contribution in [3.63, 3.8) is 0 Å². The first-order valence-electron chi connectivity index (χ1n) is 6.57. The number of nitrogens with zero attached hydrogens (tertiary/aromatic N) is 1. The van der Waals surface area contributed by atoms with E-state index in [1.807, 2.05) is 18.2 Å². The van der Waals surface area contributed by atoms with Gasteiger partial charge in [0.2, 0.25) is 0 Å². The summed E-state index contributed by atoms with van der Waals surface area (Å²) in [6.45, 7) is 2.15. The van der Waals surface area contributed by atoms with Crippen molar-refractivity contribution in [2.45, 2.75) is 26.2 Å². The Morgan fingerprint density at radius 2 is 2.15 bits per heavy atom. The minimum Gasteiger partial charge on any atom is -0.424 e. The molecule has 0 spiro atoms. The van der Waals surface area contributed by atoms with E-state index in [0.29, 0.717) is 0 Å². The second-order valence-corrected chi connectivity index (χ2v) is 4.81. The molecule has 0 radical (unpaired) electrons. The zero-order valence-electron chi connectivity index (χ0n) is 11.6. The van der Waals surface area contributed by atoms with E-state index in [0.717, 1.165) is 29.9 Å². The Morgan fingerprint density at radius 3 is 2.80 bits per heavy atom. The Labute approximate surface area is 123 Å². The number of carbonyl (C=O) groups excluding carboxylic acids is 1. The van der Waals surface area contributed by atoms with E-state index in [4.69, 9.17) is 21.8 Å². The van der Waals surface area contributed by atoms with Gasteiger partial charge in [0.25, 0.3) is 5.17 Å². The standard InChI is InChI=1S/C15H17NO3S/c1-3-4-7-11-8-5-6-9-12(11)10-13-14(17)16(18-2)15(20)19-13/h5-6,8-10H,3-4,7H2,1-2H3/b13-10+. The molecular formula is C15H17NO3S. The highest BCUT2D eigenvalue weighted by Gasteiger charge is 2.34. The fourth-order valence-electron chi connectivity index (χ4n) is 2.02. The second-order valence-electron chi connectivity index (χ2n) is 4.46. The summed E-state index contributed by atoms with van der Waals surface area (Å²) in [6, 6.07) is 7.96. The summed E-state index contributed by atoms with van der Waals surface area (Å²) in [5.74, 6) is -0.177. The minimum atomic E-state index is -0.372. The number of unbranched alkanes of at least 4 members (excludes halogenated alkanes) is 1. The fraction of sp³-hybridized carbons (Fsp3) is 0.333. The van der Waals surface area contributed by atoms with Crippen molar-refractivity contribution >= 4 is 29.4 Å². The lowest BCUT2D eigenvalue weighted by atomic mass is 10.0. The van der Waals surface area contributed by atoms with Crippen LogP contribution in [-0.4, -0.2) is 23.3 Å². The van der Waals surface area contributed by atoms with Crippen LogP contribution < -0.4 is 0 Å². The first-order chi connectivity index (χ1) is 9.67. The molecule has 4 nitrogen and oxygen atoms in total. The van der Waals surface area contributed by atoms with E-state index in [1.165, 1.54) is 12.7 Å². The van der Waals surface area contributed by atoms with Gasteiger partial charge in [-0.2, -0.15) is 0 Å². The Morgan fingerprint density at radius 1 is 1.40 bits per heavy atom. The third kappa shape index (κ3) is 3.05. The van der Waals surface area contributed by atoms with E-state index >= 15 is 0 Å². The van der Waals surface area contributed by atoms with Gasteiger partial charge < -0.3 is 4.74 Å². The second kappa shape index (κ2) is 6.63. The molecule has 0 atom stereocenters. The molecule has 20 heavy (non-hydrogen) atoms. The Balaban J connectivity index is 2.27. The highest BCUT2D eigenvalue weighted by molar-refractivity contribution is 7.80. The molecule has 1 aromatic carbocycles. The number of hydrogen-bond donors (Lipinski definition) is 0. The predicted octanol–water partition coefficient (Wildman–Crippen LogP) is 3.08. The van der Waals surface area contributed by atoms with Gasteiger partial charge in [-0.05, 0) is 42.3 Å². The normalized spacial score (nSPS) is 16.9. The molecule has 2 rings (SSSR count). The quantitative estimate of drug-likeness (QED) is 0.617. The molecule has 1 aliphatic heterocycles. The molecule has 1 saturated heterocycles. The van der Waals surface area contributed by atoms with Crippen LogP contribution in [0.4, 0.5) is 0 Å². The molecule has 1 fully saturated rings. The molecule has 106 valence electrons.